The van der Waals surface area contributed by atoms with Crippen LogP contribution < -0.4 is 16.4 Å². The zero-order valence-electron chi connectivity index (χ0n) is 20.4. The van der Waals surface area contributed by atoms with Gasteiger partial charge < -0.3 is 16.4 Å². The van der Waals surface area contributed by atoms with Crippen molar-refractivity contribution in [2.75, 3.05) is 17.6 Å². The molecule has 0 aliphatic heterocycles. The number of anilines is 2. The maximum Gasteiger partial charge on any atom is 0.458 e. The lowest BCUT2D eigenvalue weighted by atomic mass is 10.0. The number of nitrogens with two attached hydrogens (primary N) is 1. The molecule has 4 N–H and O–H groups in total. The molecule has 0 unspecified atom stereocenters. The van der Waals surface area contributed by atoms with E-state index in [1.165, 1.54) is 6.07 Å². The van der Waals surface area contributed by atoms with Gasteiger partial charge in [-0.05, 0) is 29.7 Å². The van der Waals surface area contributed by atoms with Gasteiger partial charge in [-0.1, -0.05) is 44.2 Å². The fourth-order valence-electron chi connectivity index (χ4n) is 2.85. The first-order valence-corrected chi connectivity index (χ1v) is 11.0. The van der Waals surface area contributed by atoms with Gasteiger partial charge in [-0.15, -0.1) is 0 Å². The number of amides is 1. The minimum Gasteiger partial charge on any atom is -0.397 e. The van der Waals surface area contributed by atoms with E-state index in [9.17, 15) is 53.9 Å². The number of benzene rings is 2. The molecular weight excluding hydrogens is 549 g/mol. The fraction of sp³-hybridized carbons (Fsp3) is 0.375. The van der Waals surface area contributed by atoms with Gasteiger partial charge in [0.1, 0.15) is 0 Å². The first-order chi connectivity index (χ1) is 17.7. The lowest BCUT2D eigenvalue weighted by molar-refractivity contribution is -0.193. The molecule has 0 spiro atoms. The highest BCUT2D eigenvalue weighted by Gasteiger charge is 2.54. The molecule has 0 radical (unpaired) electrons. The Morgan fingerprint density at radius 2 is 1.33 bits per heavy atom. The summed E-state index contributed by atoms with van der Waals surface area (Å²) in [7, 11) is 0. The van der Waals surface area contributed by atoms with Gasteiger partial charge in [0.2, 0.25) is 5.91 Å². The van der Waals surface area contributed by atoms with Crippen LogP contribution >= 0.6 is 0 Å². The Hall–Kier alpha value is -3.78. The van der Waals surface area contributed by atoms with Crippen LogP contribution in [0.15, 0.2) is 48.5 Å². The molecule has 1 amide bonds. The molecule has 15 heteroatoms. The van der Waals surface area contributed by atoms with Crippen molar-refractivity contribution in [3.05, 3.63) is 59.7 Å². The molecular formula is C24H24F9N3O3. The number of Topliss-reactive ketones (excluding diaryl/α,β-unsaturated/α-hetero) is 2. The number of halogens is 9. The molecule has 1 atom stereocenters. The number of nitrogen functional groups attached to an aromatic ring is 1. The number of hydrogen-bond donors (Lipinski definition) is 3. The third-order valence-electron chi connectivity index (χ3n) is 4.97. The van der Waals surface area contributed by atoms with Gasteiger partial charge in [0.05, 0.1) is 23.4 Å². The van der Waals surface area contributed by atoms with Crippen LogP contribution in [0.25, 0.3) is 0 Å². The van der Waals surface area contributed by atoms with Gasteiger partial charge >= 0.3 is 30.1 Å². The standard InChI is InChI=1S/C20H24F3N3O.C4F6O2/c1-13(2)18(12-25-19(27)10-14-6-4-3-5-7-14)26-17-9-8-15(11-16(17)24)20(21,22)23;5-3(6,7)1(11)2(12)4(8,9)10/h3-9,11,13,18,26H,10,12,24H2,1-2H3,(H,25,27);/t18-;/m0./s1. The summed E-state index contributed by atoms with van der Waals surface area (Å²) in [6.07, 6.45) is -15.7. The summed E-state index contributed by atoms with van der Waals surface area (Å²) in [6.45, 7) is 4.26. The van der Waals surface area contributed by atoms with Gasteiger partial charge in [-0.25, -0.2) is 0 Å². The molecule has 0 saturated heterocycles. The van der Waals surface area contributed by atoms with Crippen LogP contribution in [0.3, 0.4) is 0 Å². The number of carbonyl (C=O) groups is 3. The van der Waals surface area contributed by atoms with Crippen molar-refractivity contribution < 1.29 is 53.9 Å². The molecule has 2 aromatic carbocycles. The summed E-state index contributed by atoms with van der Waals surface area (Å²) in [4.78, 5) is 31.4. The predicted octanol–water partition coefficient (Wildman–Crippen LogP) is 5.33. The zero-order chi connectivity index (χ0) is 30.2. The van der Waals surface area contributed by atoms with Crippen LogP contribution in [0.2, 0.25) is 0 Å². The topological polar surface area (TPSA) is 101 Å². The SMILES string of the molecule is CC(C)[C@H](CNC(=O)Cc1ccccc1)Nc1ccc(C(F)(F)F)cc1N.O=C(C(=O)C(F)(F)F)C(F)(F)F. The van der Waals surface area contributed by atoms with E-state index in [0.29, 0.717) is 12.2 Å². The number of ketones is 2. The summed E-state index contributed by atoms with van der Waals surface area (Å²) in [5, 5.41) is 6.00. The summed E-state index contributed by atoms with van der Waals surface area (Å²) < 4.78 is 105. The summed E-state index contributed by atoms with van der Waals surface area (Å²) in [5.74, 6) is -6.80. The largest absolute Gasteiger partial charge is 0.458 e. The number of rotatable bonds is 8. The summed E-state index contributed by atoms with van der Waals surface area (Å²) in [6, 6.07) is 12.4. The predicted molar refractivity (Wildman–Crippen MR) is 123 cm³/mol. The van der Waals surface area contributed by atoms with E-state index in [4.69, 9.17) is 5.73 Å². The van der Waals surface area contributed by atoms with E-state index in [2.05, 4.69) is 10.6 Å². The van der Waals surface area contributed by atoms with E-state index < -0.39 is 35.7 Å². The molecule has 0 saturated carbocycles. The zero-order valence-corrected chi connectivity index (χ0v) is 20.4. The van der Waals surface area contributed by atoms with E-state index in [-0.39, 0.29) is 30.0 Å². The average molecular weight is 573 g/mol. The molecule has 216 valence electrons. The second kappa shape index (κ2) is 13.3. The molecule has 0 aromatic heterocycles. The van der Waals surface area contributed by atoms with Gasteiger partial charge in [0.25, 0.3) is 0 Å². The smallest absolute Gasteiger partial charge is 0.397 e. The Labute approximate surface area is 216 Å². The molecule has 0 bridgehead atoms. The molecule has 2 aromatic rings. The van der Waals surface area contributed by atoms with Crippen molar-refractivity contribution in [2.24, 2.45) is 5.92 Å². The monoisotopic (exact) mass is 573 g/mol. The molecule has 0 aliphatic rings. The van der Waals surface area contributed by atoms with E-state index in [0.717, 1.165) is 17.7 Å². The molecule has 2 rings (SSSR count). The Morgan fingerprint density at radius 3 is 1.74 bits per heavy atom. The average Bonchev–Trinajstić information content (AvgIpc) is 2.80. The highest BCUT2D eigenvalue weighted by molar-refractivity contribution is 6.41. The Balaban J connectivity index is 0.000000534. The Morgan fingerprint density at radius 1 is 0.821 bits per heavy atom. The second-order valence-corrected chi connectivity index (χ2v) is 8.41. The van der Waals surface area contributed by atoms with Crippen LogP contribution in [0.5, 0.6) is 0 Å². The molecule has 0 fully saturated rings. The fourth-order valence-corrected chi connectivity index (χ4v) is 2.85. The summed E-state index contributed by atoms with van der Waals surface area (Å²) in [5.41, 5.74) is 6.33. The lowest BCUT2D eigenvalue weighted by Crippen LogP contribution is -2.40. The number of hydrogen-bond acceptors (Lipinski definition) is 5. The third-order valence-corrected chi connectivity index (χ3v) is 4.97. The molecule has 6 nitrogen and oxygen atoms in total. The number of alkyl halides is 9. The Kier molecular flexibility index (Phi) is 11.4. The van der Waals surface area contributed by atoms with Crippen molar-refractivity contribution in [1.29, 1.82) is 0 Å². The lowest BCUT2D eigenvalue weighted by Gasteiger charge is -2.25. The highest BCUT2D eigenvalue weighted by Crippen LogP contribution is 2.33. The van der Waals surface area contributed by atoms with E-state index in [1.807, 2.05) is 44.2 Å². The van der Waals surface area contributed by atoms with Crippen molar-refractivity contribution in [1.82, 2.24) is 5.32 Å². The first kappa shape index (κ1) is 33.2. The maximum absolute atomic E-state index is 12.8. The van der Waals surface area contributed by atoms with Gasteiger partial charge in [-0.2, -0.15) is 39.5 Å². The summed E-state index contributed by atoms with van der Waals surface area (Å²) >= 11 is 0. The van der Waals surface area contributed by atoms with Crippen LogP contribution in [0.1, 0.15) is 25.0 Å². The quantitative estimate of drug-likeness (QED) is 0.225. The van der Waals surface area contributed by atoms with E-state index >= 15 is 0 Å². The normalized spacial score (nSPS) is 12.7. The first-order valence-electron chi connectivity index (χ1n) is 11.0. The van der Waals surface area contributed by atoms with Crippen molar-refractivity contribution in [3.8, 4) is 0 Å². The second-order valence-electron chi connectivity index (χ2n) is 8.41. The maximum atomic E-state index is 12.8. The van der Waals surface area contributed by atoms with Crippen LogP contribution in [0, 0.1) is 5.92 Å². The van der Waals surface area contributed by atoms with Gasteiger partial charge in [0.15, 0.2) is 0 Å². The van der Waals surface area contributed by atoms with Crippen LogP contribution in [0.4, 0.5) is 50.9 Å². The number of carbonyl (C=O) groups excluding carboxylic acids is 3. The molecule has 39 heavy (non-hydrogen) atoms. The minimum absolute atomic E-state index is 0.0195. The van der Waals surface area contributed by atoms with Gasteiger partial charge in [-0.3, -0.25) is 14.4 Å². The molecule has 0 aliphatic carbocycles. The van der Waals surface area contributed by atoms with Gasteiger partial charge in [0, 0.05) is 12.6 Å². The Bertz CT molecular complexity index is 1110. The minimum atomic E-state index is -5.77. The number of nitrogens with one attached hydrogen (secondary N) is 2. The highest BCUT2D eigenvalue weighted by atomic mass is 19.4. The van der Waals surface area contributed by atoms with Crippen LogP contribution in [-0.4, -0.2) is 42.4 Å². The third kappa shape index (κ3) is 11.2. The van der Waals surface area contributed by atoms with Crippen molar-refractivity contribution >= 4 is 28.8 Å². The molecule has 0 heterocycles. The van der Waals surface area contributed by atoms with Crippen molar-refractivity contribution in [3.63, 3.8) is 0 Å². The van der Waals surface area contributed by atoms with Crippen molar-refractivity contribution in [2.45, 2.75) is 44.8 Å². The van der Waals surface area contributed by atoms with Crippen LogP contribution in [-0.2, 0) is 27.0 Å². The van der Waals surface area contributed by atoms with E-state index in [1.54, 1.807) is 0 Å².